The van der Waals surface area contributed by atoms with Crippen molar-refractivity contribution in [1.82, 2.24) is 0 Å². The van der Waals surface area contributed by atoms with Gasteiger partial charge < -0.3 is 29.4 Å². The van der Waals surface area contributed by atoms with E-state index >= 15 is 0 Å². The lowest BCUT2D eigenvalue weighted by Crippen LogP contribution is -2.22. The molecule has 0 aromatic heterocycles. The van der Waals surface area contributed by atoms with E-state index < -0.39 is 11.9 Å². The molecule has 0 saturated carbocycles. The van der Waals surface area contributed by atoms with Gasteiger partial charge in [-0.25, -0.2) is 4.79 Å². The number of carbonyl (C=O) groups excluding carboxylic acids is 1. The maximum atomic E-state index is 12.3. The summed E-state index contributed by atoms with van der Waals surface area (Å²) in [6, 6.07) is 19.8. The van der Waals surface area contributed by atoms with Crippen LogP contribution in [0.2, 0.25) is 0 Å². The molecule has 0 aliphatic carbocycles. The number of benzene rings is 3. The minimum absolute atomic E-state index is 0.0407. The Morgan fingerprint density at radius 3 is 2.46 bits per heavy atom. The largest absolute Gasteiger partial charge is 0.493 e. The van der Waals surface area contributed by atoms with Crippen LogP contribution < -0.4 is 29.4 Å². The number of aryl methyl sites for hydroxylation is 1. The first kappa shape index (κ1) is 23.5. The smallest absolute Gasteiger partial charge is 0.349 e. The van der Waals surface area contributed by atoms with Crippen LogP contribution in [0.5, 0.6) is 28.7 Å². The second-order valence-corrected chi connectivity index (χ2v) is 7.78. The second kappa shape index (κ2) is 10.1. The Morgan fingerprint density at radius 1 is 1.03 bits per heavy atom. The van der Waals surface area contributed by atoms with Gasteiger partial charge in [-0.2, -0.15) is 5.26 Å². The van der Waals surface area contributed by atoms with Gasteiger partial charge in [0.25, 0.3) is 0 Å². The zero-order valence-corrected chi connectivity index (χ0v) is 19.5. The van der Waals surface area contributed by atoms with E-state index in [1.165, 1.54) is 14.2 Å². The molecule has 178 valence electrons. The fraction of sp³-hybridized carbons (Fsp3) is 0.185. The Bertz CT molecular complexity index is 1320. The van der Waals surface area contributed by atoms with E-state index in [-0.39, 0.29) is 23.8 Å². The normalized spacial score (nSPS) is 14.3. The molecule has 0 amide bonds. The van der Waals surface area contributed by atoms with Crippen molar-refractivity contribution in [2.45, 2.75) is 12.8 Å². The molecular formula is C27H24N2O6. The van der Waals surface area contributed by atoms with E-state index in [9.17, 15) is 10.1 Å². The summed E-state index contributed by atoms with van der Waals surface area (Å²) in [7, 11) is 3.07. The molecule has 2 N–H and O–H groups in total. The maximum Gasteiger partial charge on any atom is 0.349 e. The summed E-state index contributed by atoms with van der Waals surface area (Å²) in [4.78, 5) is 12.3. The van der Waals surface area contributed by atoms with E-state index in [4.69, 9.17) is 29.4 Å². The number of para-hydroxylation sites is 1. The van der Waals surface area contributed by atoms with Gasteiger partial charge in [0.2, 0.25) is 5.88 Å². The number of hydrogen-bond acceptors (Lipinski definition) is 8. The number of allylic oxidation sites excluding steroid dienone is 1. The highest BCUT2D eigenvalue weighted by Gasteiger charge is 2.33. The van der Waals surface area contributed by atoms with Crippen molar-refractivity contribution in [3.05, 3.63) is 88.8 Å². The van der Waals surface area contributed by atoms with Crippen LogP contribution in [0.3, 0.4) is 0 Å². The number of hydrogen-bond donors (Lipinski definition) is 1. The van der Waals surface area contributed by atoms with Crippen molar-refractivity contribution in [3.63, 3.8) is 0 Å². The molecule has 3 aromatic rings. The summed E-state index contributed by atoms with van der Waals surface area (Å²) in [6.07, 6.45) is 0. The lowest BCUT2D eigenvalue weighted by Gasteiger charge is -2.28. The molecule has 1 heterocycles. The number of carbonyl (C=O) groups is 1. The monoisotopic (exact) mass is 472 g/mol. The molecular weight excluding hydrogens is 448 g/mol. The van der Waals surface area contributed by atoms with E-state index in [0.29, 0.717) is 34.1 Å². The zero-order chi connectivity index (χ0) is 24.9. The number of ether oxygens (including phenoxy) is 5. The molecule has 1 unspecified atom stereocenters. The fourth-order valence-electron chi connectivity index (χ4n) is 3.90. The van der Waals surface area contributed by atoms with Crippen LogP contribution in [0.1, 0.15) is 22.6 Å². The van der Waals surface area contributed by atoms with Gasteiger partial charge in [-0.1, -0.05) is 35.9 Å². The molecule has 0 fully saturated rings. The standard InChI is InChI=1S/C27H24N2O6/c1-16-7-9-17(10-8-16)33-15-24(30)34-18-11-12-19-23(13-18)35-27(29)21(14-28)25(19)20-5-4-6-22(31-2)26(20)32-3/h4-13,25H,15,29H2,1-3H3. The summed E-state index contributed by atoms with van der Waals surface area (Å²) in [5.74, 6) is 1.01. The molecule has 8 heteroatoms. The third-order valence-electron chi connectivity index (χ3n) is 5.54. The van der Waals surface area contributed by atoms with Crippen LogP contribution in [-0.4, -0.2) is 26.8 Å². The molecule has 0 bridgehead atoms. The predicted octanol–water partition coefficient (Wildman–Crippen LogP) is 4.21. The van der Waals surface area contributed by atoms with Gasteiger partial charge in [0.15, 0.2) is 18.1 Å². The summed E-state index contributed by atoms with van der Waals surface area (Å²) < 4.78 is 27.6. The van der Waals surface area contributed by atoms with E-state index in [2.05, 4.69) is 6.07 Å². The van der Waals surface area contributed by atoms with Crippen molar-refractivity contribution < 1.29 is 28.5 Å². The van der Waals surface area contributed by atoms with Crippen LogP contribution in [0.4, 0.5) is 0 Å². The summed E-state index contributed by atoms with van der Waals surface area (Å²) >= 11 is 0. The van der Waals surface area contributed by atoms with E-state index in [1.807, 2.05) is 25.1 Å². The molecule has 1 aliphatic rings. The molecule has 0 saturated heterocycles. The van der Waals surface area contributed by atoms with Gasteiger partial charge in [0, 0.05) is 17.2 Å². The Morgan fingerprint density at radius 2 is 1.77 bits per heavy atom. The number of methoxy groups -OCH3 is 2. The third-order valence-corrected chi connectivity index (χ3v) is 5.54. The number of esters is 1. The molecule has 35 heavy (non-hydrogen) atoms. The first-order chi connectivity index (χ1) is 16.9. The van der Waals surface area contributed by atoms with Crippen LogP contribution >= 0.6 is 0 Å². The van der Waals surface area contributed by atoms with Gasteiger partial charge in [-0.15, -0.1) is 0 Å². The number of nitriles is 1. The Labute approximate surface area is 203 Å². The average molecular weight is 472 g/mol. The first-order valence-electron chi connectivity index (χ1n) is 10.8. The highest BCUT2D eigenvalue weighted by Crippen LogP contribution is 2.47. The van der Waals surface area contributed by atoms with Gasteiger partial charge in [0.1, 0.15) is 28.9 Å². The molecule has 1 aliphatic heterocycles. The van der Waals surface area contributed by atoms with Gasteiger partial charge in [-0.3, -0.25) is 0 Å². The van der Waals surface area contributed by atoms with Gasteiger partial charge >= 0.3 is 5.97 Å². The number of rotatable bonds is 7. The molecule has 8 nitrogen and oxygen atoms in total. The Balaban J connectivity index is 1.60. The van der Waals surface area contributed by atoms with Crippen molar-refractivity contribution in [1.29, 1.82) is 5.26 Å². The molecule has 0 radical (unpaired) electrons. The molecule has 4 rings (SSSR count). The molecule has 3 aromatic carbocycles. The summed E-state index contributed by atoms with van der Waals surface area (Å²) in [5.41, 5.74) is 8.78. The minimum atomic E-state index is -0.575. The number of nitrogens with two attached hydrogens (primary N) is 1. The highest BCUT2D eigenvalue weighted by atomic mass is 16.6. The van der Waals surface area contributed by atoms with Crippen molar-refractivity contribution >= 4 is 5.97 Å². The van der Waals surface area contributed by atoms with Crippen LogP contribution in [-0.2, 0) is 4.79 Å². The van der Waals surface area contributed by atoms with Crippen LogP contribution in [0.15, 0.2) is 72.1 Å². The zero-order valence-electron chi connectivity index (χ0n) is 19.5. The molecule has 1 atom stereocenters. The lowest BCUT2D eigenvalue weighted by molar-refractivity contribution is -0.136. The van der Waals surface area contributed by atoms with Crippen LogP contribution in [0, 0.1) is 18.3 Å². The van der Waals surface area contributed by atoms with Gasteiger partial charge in [-0.05, 0) is 31.2 Å². The van der Waals surface area contributed by atoms with Crippen molar-refractivity contribution in [2.75, 3.05) is 20.8 Å². The van der Waals surface area contributed by atoms with Crippen LogP contribution in [0.25, 0.3) is 0 Å². The SMILES string of the molecule is COc1cccc(C2C(C#N)=C(N)Oc3cc(OC(=O)COc4ccc(C)cc4)ccc32)c1OC. The van der Waals surface area contributed by atoms with Crippen molar-refractivity contribution in [2.24, 2.45) is 5.73 Å². The maximum absolute atomic E-state index is 12.3. The Hall–Kier alpha value is -4.64. The van der Waals surface area contributed by atoms with Gasteiger partial charge in [0.05, 0.1) is 20.1 Å². The molecule has 0 spiro atoms. The first-order valence-corrected chi connectivity index (χ1v) is 10.8. The quantitative estimate of drug-likeness (QED) is 0.402. The number of nitrogens with zero attached hydrogens (tertiary/aromatic N) is 1. The fourth-order valence-corrected chi connectivity index (χ4v) is 3.90. The predicted molar refractivity (Wildman–Crippen MR) is 128 cm³/mol. The lowest BCUT2D eigenvalue weighted by atomic mass is 9.83. The van der Waals surface area contributed by atoms with Crippen molar-refractivity contribution in [3.8, 4) is 34.8 Å². The second-order valence-electron chi connectivity index (χ2n) is 7.78. The van der Waals surface area contributed by atoms with E-state index in [1.54, 1.807) is 42.5 Å². The van der Waals surface area contributed by atoms with E-state index in [0.717, 1.165) is 5.56 Å². The summed E-state index contributed by atoms with van der Waals surface area (Å²) in [5, 5.41) is 9.83. The highest BCUT2D eigenvalue weighted by molar-refractivity contribution is 5.74. The minimum Gasteiger partial charge on any atom is -0.493 e. The summed E-state index contributed by atoms with van der Waals surface area (Å²) in [6.45, 7) is 1.71. The third kappa shape index (κ3) is 4.84. The average Bonchev–Trinajstić information content (AvgIpc) is 2.86. The Kier molecular flexibility index (Phi) is 6.78. The topological polar surface area (TPSA) is 113 Å². The number of fused-ring (bicyclic) bond motifs is 1.